The third kappa shape index (κ3) is 2.33. The van der Waals surface area contributed by atoms with E-state index in [0.29, 0.717) is 10.6 Å². The fourth-order valence-electron chi connectivity index (χ4n) is 0.700. The molecule has 60 valence electrons. The lowest BCUT2D eigenvalue weighted by atomic mass is 10.2. The number of hydrogen-bond acceptors (Lipinski definition) is 2. The highest BCUT2D eigenvalue weighted by Gasteiger charge is 2.05. The van der Waals surface area contributed by atoms with Crippen molar-refractivity contribution < 1.29 is 5.11 Å². The summed E-state index contributed by atoms with van der Waals surface area (Å²) in [7, 11) is 0. The van der Waals surface area contributed by atoms with Gasteiger partial charge < -0.3 is 5.11 Å². The minimum Gasteiger partial charge on any atom is -0.387 e. The molecule has 1 rings (SSSR count). The Balaban J connectivity index is 2.86. The molecule has 0 aliphatic carbocycles. The molecule has 1 aromatic heterocycles. The van der Waals surface area contributed by atoms with Crippen molar-refractivity contribution in [2.75, 3.05) is 5.88 Å². The van der Waals surface area contributed by atoms with E-state index < -0.39 is 6.10 Å². The molecule has 0 aliphatic rings. The average molecular weight is 192 g/mol. The molecule has 0 fully saturated rings. The SMILES string of the molecule is OC(CCl)c1cncc(Cl)c1. The van der Waals surface area contributed by atoms with Crippen LogP contribution < -0.4 is 0 Å². The van der Waals surface area contributed by atoms with Crippen molar-refractivity contribution >= 4 is 23.2 Å². The summed E-state index contributed by atoms with van der Waals surface area (Å²) in [4.78, 5) is 3.80. The highest BCUT2D eigenvalue weighted by Crippen LogP contribution is 2.16. The number of rotatable bonds is 2. The Morgan fingerprint density at radius 3 is 2.82 bits per heavy atom. The molecule has 0 spiro atoms. The van der Waals surface area contributed by atoms with Crippen LogP contribution in [0.1, 0.15) is 11.7 Å². The Bertz CT molecular complexity index is 242. The van der Waals surface area contributed by atoms with Gasteiger partial charge in [-0.1, -0.05) is 11.6 Å². The zero-order chi connectivity index (χ0) is 8.27. The maximum Gasteiger partial charge on any atom is 0.0940 e. The van der Waals surface area contributed by atoms with Gasteiger partial charge in [0.05, 0.1) is 17.0 Å². The number of halogens is 2. The largest absolute Gasteiger partial charge is 0.387 e. The first-order valence-corrected chi connectivity index (χ1v) is 3.99. The number of alkyl halides is 1. The topological polar surface area (TPSA) is 33.1 Å². The van der Waals surface area contributed by atoms with Crippen LogP contribution in [0.4, 0.5) is 0 Å². The second-order valence-corrected chi connectivity index (χ2v) is 2.85. The number of aliphatic hydroxyl groups is 1. The summed E-state index contributed by atoms with van der Waals surface area (Å²) in [6.07, 6.45) is 2.37. The van der Waals surface area contributed by atoms with Crippen molar-refractivity contribution in [3.05, 3.63) is 29.0 Å². The predicted octanol–water partition coefficient (Wildman–Crippen LogP) is 2.01. The van der Waals surface area contributed by atoms with Crippen molar-refractivity contribution in [3.8, 4) is 0 Å². The number of pyridine rings is 1. The van der Waals surface area contributed by atoms with Crippen LogP contribution >= 0.6 is 23.2 Å². The highest BCUT2D eigenvalue weighted by molar-refractivity contribution is 6.30. The van der Waals surface area contributed by atoms with Crippen LogP contribution in [0.5, 0.6) is 0 Å². The van der Waals surface area contributed by atoms with Gasteiger partial charge in [-0.3, -0.25) is 4.98 Å². The van der Waals surface area contributed by atoms with E-state index in [9.17, 15) is 5.11 Å². The van der Waals surface area contributed by atoms with Crippen LogP contribution in [0.2, 0.25) is 5.02 Å². The molecule has 4 heteroatoms. The van der Waals surface area contributed by atoms with Gasteiger partial charge in [0.25, 0.3) is 0 Å². The van der Waals surface area contributed by atoms with Gasteiger partial charge in [-0.15, -0.1) is 11.6 Å². The van der Waals surface area contributed by atoms with E-state index in [2.05, 4.69) is 4.98 Å². The van der Waals surface area contributed by atoms with E-state index in [0.717, 1.165) is 0 Å². The molecule has 0 radical (unpaired) electrons. The predicted molar refractivity (Wildman–Crippen MR) is 44.9 cm³/mol. The molecule has 0 bridgehead atoms. The van der Waals surface area contributed by atoms with Crippen LogP contribution in [0.25, 0.3) is 0 Å². The van der Waals surface area contributed by atoms with Gasteiger partial charge in [-0.2, -0.15) is 0 Å². The quantitative estimate of drug-likeness (QED) is 0.727. The summed E-state index contributed by atoms with van der Waals surface area (Å²) in [5, 5.41) is 9.73. The van der Waals surface area contributed by atoms with Crippen molar-refractivity contribution in [1.29, 1.82) is 0 Å². The average Bonchev–Trinajstić information content (AvgIpc) is 2.03. The normalized spacial score (nSPS) is 13.0. The van der Waals surface area contributed by atoms with Crippen molar-refractivity contribution in [2.45, 2.75) is 6.10 Å². The number of aliphatic hydroxyl groups excluding tert-OH is 1. The maximum atomic E-state index is 9.22. The zero-order valence-corrected chi connectivity index (χ0v) is 7.18. The molecule has 1 N–H and O–H groups in total. The van der Waals surface area contributed by atoms with Gasteiger partial charge in [0.2, 0.25) is 0 Å². The lowest BCUT2D eigenvalue weighted by molar-refractivity contribution is 0.202. The summed E-state index contributed by atoms with van der Waals surface area (Å²) in [5.74, 6) is 0.155. The first kappa shape index (κ1) is 8.78. The van der Waals surface area contributed by atoms with E-state index in [1.165, 1.54) is 6.20 Å². The van der Waals surface area contributed by atoms with Gasteiger partial charge >= 0.3 is 0 Å². The zero-order valence-electron chi connectivity index (χ0n) is 5.67. The lowest BCUT2D eigenvalue weighted by Gasteiger charge is -2.05. The second-order valence-electron chi connectivity index (χ2n) is 2.11. The molecule has 1 heterocycles. The van der Waals surface area contributed by atoms with Gasteiger partial charge in [0, 0.05) is 18.0 Å². The molecule has 1 unspecified atom stereocenters. The smallest absolute Gasteiger partial charge is 0.0940 e. The fourth-order valence-corrected chi connectivity index (χ4v) is 1.06. The van der Waals surface area contributed by atoms with Crippen LogP contribution in [-0.2, 0) is 0 Å². The van der Waals surface area contributed by atoms with Crippen LogP contribution in [0.3, 0.4) is 0 Å². The summed E-state index contributed by atoms with van der Waals surface area (Å²) >= 11 is 11.0. The molecule has 0 saturated carbocycles. The summed E-state index contributed by atoms with van der Waals surface area (Å²) in [6, 6.07) is 1.64. The van der Waals surface area contributed by atoms with E-state index >= 15 is 0 Å². The summed E-state index contributed by atoms with van der Waals surface area (Å²) in [6.45, 7) is 0. The Morgan fingerprint density at radius 2 is 2.27 bits per heavy atom. The first-order chi connectivity index (χ1) is 5.24. The van der Waals surface area contributed by atoms with E-state index in [-0.39, 0.29) is 5.88 Å². The molecular formula is C7H7Cl2NO. The van der Waals surface area contributed by atoms with Gasteiger partial charge in [-0.05, 0) is 6.07 Å². The number of nitrogens with zero attached hydrogens (tertiary/aromatic N) is 1. The van der Waals surface area contributed by atoms with Crippen LogP contribution in [0, 0.1) is 0 Å². The Kier molecular flexibility index (Phi) is 3.12. The molecule has 0 saturated heterocycles. The van der Waals surface area contributed by atoms with Crippen molar-refractivity contribution in [2.24, 2.45) is 0 Å². The number of aromatic nitrogens is 1. The van der Waals surface area contributed by atoms with E-state index in [1.54, 1.807) is 12.3 Å². The third-order valence-corrected chi connectivity index (χ3v) is 1.76. The number of hydrogen-bond donors (Lipinski definition) is 1. The summed E-state index contributed by atoms with van der Waals surface area (Å²) in [5.41, 5.74) is 0.646. The van der Waals surface area contributed by atoms with Gasteiger partial charge in [0.1, 0.15) is 0 Å². The van der Waals surface area contributed by atoms with E-state index in [4.69, 9.17) is 23.2 Å². The van der Waals surface area contributed by atoms with Crippen LogP contribution in [-0.4, -0.2) is 16.0 Å². The Morgan fingerprint density at radius 1 is 1.55 bits per heavy atom. The first-order valence-electron chi connectivity index (χ1n) is 3.08. The minimum atomic E-state index is -0.678. The molecule has 11 heavy (non-hydrogen) atoms. The molecule has 1 aromatic rings. The van der Waals surface area contributed by atoms with Gasteiger partial charge in [-0.25, -0.2) is 0 Å². The van der Waals surface area contributed by atoms with E-state index in [1.807, 2.05) is 0 Å². The minimum absolute atomic E-state index is 0.155. The molecule has 0 aromatic carbocycles. The molecular weight excluding hydrogens is 185 g/mol. The summed E-state index contributed by atoms with van der Waals surface area (Å²) < 4.78 is 0. The lowest BCUT2D eigenvalue weighted by Crippen LogP contribution is -1.98. The molecule has 1 atom stereocenters. The highest BCUT2D eigenvalue weighted by atomic mass is 35.5. The Labute approximate surface area is 74.8 Å². The molecule has 0 aliphatic heterocycles. The van der Waals surface area contributed by atoms with Crippen molar-refractivity contribution in [3.63, 3.8) is 0 Å². The standard InChI is InChI=1S/C7H7Cl2NO/c8-2-7(11)5-1-6(9)4-10-3-5/h1,3-4,7,11H,2H2. The molecule has 2 nitrogen and oxygen atoms in total. The Hall–Kier alpha value is -0.310. The van der Waals surface area contributed by atoms with Crippen molar-refractivity contribution in [1.82, 2.24) is 4.98 Å². The fraction of sp³-hybridized carbons (Fsp3) is 0.286. The van der Waals surface area contributed by atoms with Crippen LogP contribution in [0.15, 0.2) is 18.5 Å². The maximum absolute atomic E-state index is 9.22. The van der Waals surface area contributed by atoms with Gasteiger partial charge in [0.15, 0.2) is 0 Å². The molecule has 0 amide bonds. The monoisotopic (exact) mass is 191 g/mol. The third-order valence-electron chi connectivity index (χ3n) is 1.26. The second kappa shape index (κ2) is 3.90.